The summed E-state index contributed by atoms with van der Waals surface area (Å²) >= 11 is 5.92. The zero-order valence-corrected chi connectivity index (χ0v) is 13.8. The van der Waals surface area contributed by atoms with Crippen molar-refractivity contribution in [1.29, 1.82) is 0 Å². The van der Waals surface area contributed by atoms with Crippen LogP contribution in [-0.2, 0) is 14.3 Å². The fraction of sp³-hybridized carbons (Fsp3) is 0.467. The van der Waals surface area contributed by atoms with Crippen molar-refractivity contribution in [2.24, 2.45) is 0 Å². The minimum Gasteiger partial charge on any atom is -0.491 e. The second-order valence-electron chi connectivity index (χ2n) is 5.44. The molecule has 0 atom stereocenters. The number of esters is 1. The van der Waals surface area contributed by atoms with Crippen LogP contribution in [0, 0.1) is 0 Å². The minimum absolute atomic E-state index is 0.102. The first kappa shape index (κ1) is 18.1. The summed E-state index contributed by atoms with van der Waals surface area (Å²) in [4.78, 5) is 22.9. The number of halogens is 1. The molecule has 0 saturated carbocycles. The van der Waals surface area contributed by atoms with Crippen molar-refractivity contribution >= 4 is 29.4 Å². The van der Waals surface area contributed by atoms with E-state index in [9.17, 15) is 9.59 Å². The number of benzene rings is 1. The molecule has 0 radical (unpaired) electrons. The fourth-order valence-electron chi connectivity index (χ4n) is 1.49. The van der Waals surface area contributed by atoms with E-state index in [1.54, 1.807) is 39.0 Å². The highest BCUT2D eigenvalue weighted by Crippen LogP contribution is 2.28. The van der Waals surface area contributed by atoms with Crippen molar-refractivity contribution in [2.75, 3.05) is 19.0 Å². The van der Waals surface area contributed by atoms with Crippen molar-refractivity contribution in [3.63, 3.8) is 0 Å². The van der Waals surface area contributed by atoms with Gasteiger partial charge in [-0.1, -0.05) is 11.6 Å². The molecule has 1 rings (SSSR count). The van der Waals surface area contributed by atoms with E-state index >= 15 is 0 Å². The van der Waals surface area contributed by atoms with Crippen LogP contribution in [0.25, 0.3) is 0 Å². The maximum Gasteiger partial charge on any atom is 0.412 e. The van der Waals surface area contributed by atoms with Gasteiger partial charge >= 0.3 is 12.1 Å². The maximum atomic E-state index is 11.8. The molecule has 6 nitrogen and oxygen atoms in total. The highest BCUT2D eigenvalue weighted by molar-refractivity contribution is 6.31. The maximum absolute atomic E-state index is 11.8. The van der Waals surface area contributed by atoms with Crippen LogP contribution in [0.4, 0.5) is 10.5 Å². The fourth-order valence-corrected chi connectivity index (χ4v) is 1.66. The van der Waals surface area contributed by atoms with Gasteiger partial charge in [0.25, 0.3) is 0 Å². The normalized spacial score (nSPS) is 10.8. The zero-order chi connectivity index (χ0) is 16.8. The van der Waals surface area contributed by atoms with Gasteiger partial charge < -0.3 is 14.2 Å². The van der Waals surface area contributed by atoms with Gasteiger partial charge in [0, 0.05) is 5.02 Å². The van der Waals surface area contributed by atoms with E-state index in [2.05, 4.69) is 10.1 Å². The molecule has 1 aromatic rings. The van der Waals surface area contributed by atoms with Crippen molar-refractivity contribution < 1.29 is 23.8 Å². The van der Waals surface area contributed by atoms with Crippen LogP contribution in [0.3, 0.4) is 0 Å². The molecule has 0 heterocycles. The lowest BCUT2D eigenvalue weighted by molar-refractivity contribution is -0.141. The first-order valence-corrected chi connectivity index (χ1v) is 7.08. The van der Waals surface area contributed by atoms with Gasteiger partial charge in [-0.3, -0.25) is 10.1 Å². The molecule has 0 aliphatic carbocycles. The molecule has 7 heteroatoms. The average Bonchev–Trinajstić information content (AvgIpc) is 2.38. The minimum atomic E-state index is -0.618. The Morgan fingerprint density at radius 2 is 1.95 bits per heavy atom. The van der Waals surface area contributed by atoms with Crippen LogP contribution in [-0.4, -0.2) is 31.4 Å². The Kier molecular flexibility index (Phi) is 6.49. The van der Waals surface area contributed by atoms with E-state index in [-0.39, 0.29) is 19.0 Å². The Labute approximate surface area is 134 Å². The SMILES string of the molecule is COC(=O)CCOc1ccc(Cl)cc1NC(=O)OC(C)(C)C. The number of hydrogen-bond donors (Lipinski definition) is 1. The second-order valence-corrected chi connectivity index (χ2v) is 5.88. The Morgan fingerprint density at radius 3 is 2.55 bits per heavy atom. The average molecular weight is 330 g/mol. The topological polar surface area (TPSA) is 73.9 Å². The smallest absolute Gasteiger partial charge is 0.412 e. The van der Waals surface area contributed by atoms with Crippen LogP contribution in [0.15, 0.2) is 18.2 Å². The number of ether oxygens (including phenoxy) is 3. The van der Waals surface area contributed by atoms with Gasteiger partial charge in [0.2, 0.25) is 0 Å². The summed E-state index contributed by atoms with van der Waals surface area (Å²) in [5, 5.41) is 3.01. The van der Waals surface area contributed by atoms with E-state index in [1.807, 2.05) is 0 Å². The lowest BCUT2D eigenvalue weighted by atomic mass is 10.2. The number of carbonyl (C=O) groups is 2. The Morgan fingerprint density at radius 1 is 1.27 bits per heavy atom. The predicted molar refractivity (Wildman–Crippen MR) is 83.4 cm³/mol. The van der Waals surface area contributed by atoms with Gasteiger partial charge in [0.15, 0.2) is 0 Å². The van der Waals surface area contributed by atoms with Gasteiger partial charge in [-0.2, -0.15) is 0 Å². The molecular formula is C15H20ClNO5. The first-order valence-electron chi connectivity index (χ1n) is 6.70. The summed E-state index contributed by atoms with van der Waals surface area (Å²) < 4.78 is 15.2. The van der Waals surface area contributed by atoms with E-state index in [0.717, 1.165) is 0 Å². The van der Waals surface area contributed by atoms with E-state index < -0.39 is 11.7 Å². The van der Waals surface area contributed by atoms with Gasteiger partial charge in [0.1, 0.15) is 11.4 Å². The summed E-state index contributed by atoms with van der Waals surface area (Å²) in [5.74, 6) is 0.00905. The number of anilines is 1. The molecule has 0 unspecified atom stereocenters. The lowest BCUT2D eigenvalue weighted by Crippen LogP contribution is -2.27. The largest absolute Gasteiger partial charge is 0.491 e. The van der Waals surface area contributed by atoms with Gasteiger partial charge in [0.05, 0.1) is 25.8 Å². The third kappa shape index (κ3) is 6.67. The molecule has 0 bridgehead atoms. The molecule has 0 fully saturated rings. The van der Waals surface area contributed by atoms with Gasteiger partial charge in [-0.05, 0) is 39.0 Å². The number of carbonyl (C=O) groups excluding carboxylic acids is 2. The summed E-state index contributed by atoms with van der Waals surface area (Å²) in [6.45, 7) is 5.41. The highest BCUT2D eigenvalue weighted by Gasteiger charge is 2.18. The third-order valence-electron chi connectivity index (χ3n) is 2.37. The third-order valence-corrected chi connectivity index (χ3v) is 2.60. The number of amides is 1. The van der Waals surface area contributed by atoms with E-state index in [1.165, 1.54) is 7.11 Å². The van der Waals surface area contributed by atoms with E-state index in [4.69, 9.17) is 21.1 Å². The second kappa shape index (κ2) is 7.89. The molecular weight excluding hydrogens is 310 g/mol. The summed E-state index contributed by atoms with van der Waals surface area (Å²) in [6.07, 6.45) is -0.516. The quantitative estimate of drug-likeness (QED) is 0.835. The van der Waals surface area contributed by atoms with Crippen LogP contribution >= 0.6 is 11.6 Å². The van der Waals surface area contributed by atoms with Gasteiger partial charge in [-0.15, -0.1) is 0 Å². The van der Waals surface area contributed by atoms with Crippen LogP contribution < -0.4 is 10.1 Å². The molecule has 0 saturated heterocycles. The van der Waals surface area contributed by atoms with Crippen molar-refractivity contribution in [3.05, 3.63) is 23.2 Å². The molecule has 1 aromatic carbocycles. The molecule has 0 aliphatic heterocycles. The van der Waals surface area contributed by atoms with Crippen LogP contribution in [0.1, 0.15) is 27.2 Å². The summed E-state index contributed by atoms with van der Waals surface area (Å²) in [7, 11) is 1.31. The van der Waals surface area contributed by atoms with E-state index in [0.29, 0.717) is 16.5 Å². The molecule has 0 spiro atoms. The number of rotatable bonds is 5. The van der Waals surface area contributed by atoms with Gasteiger partial charge in [-0.25, -0.2) is 4.79 Å². The van der Waals surface area contributed by atoms with Crippen LogP contribution in [0.2, 0.25) is 5.02 Å². The summed E-state index contributed by atoms with van der Waals surface area (Å²) in [5.41, 5.74) is -0.249. The van der Waals surface area contributed by atoms with Crippen molar-refractivity contribution in [2.45, 2.75) is 32.8 Å². The van der Waals surface area contributed by atoms with Crippen LogP contribution in [0.5, 0.6) is 5.75 Å². The molecule has 22 heavy (non-hydrogen) atoms. The Balaban J connectivity index is 2.74. The first-order chi connectivity index (χ1) is 10.2. The predicted octanol–water partition coefficient (Wildman–Crippen LogP) is 3.63. The molecule has 122 valence electrons. The summed E-state index contributed by atoms with van der Waals surface area (Å²) in [6, 6.07) is 4.76. The standard InChI is InChI=1S/C15H20ClNO5/c1-15(2,3)22-14(19)17-11-9-10(16)5-6-12(11)21-8-7-13(18)20-4/h5-6,9H,7-8H2,1-4H3,(H,17,19). The Bertz CT molecular complexity index is 539. The number of nitrogens with one attached hydrogen (secondary N) is 1. The number of hydrogen-bond acceptors (Lipinski definition) is 5. The van der Waals surface area contributed by atoms with Crippen molar-refractivity contribution in [1.82, 2.24) is 0 Å². The molecule has 1 amide bonds. The highest BCUT2D eigenvalue weighted by atomic mass is 35.5. The molecule has 0 aliphatic rings. The lowest BCUT2D eigenvalue weighted by Gasteiger charge is -2.20. The molecule has 1 N–H and O–H groups in total. The Hall–Kier alpha value is -1.95. The monoisotopic (exact) mass is 329 g/mol. The zero-order valence-electron chi connectivity index (χ0n) is 13.1. The van der Waals surface area contributed by atoms with Crippen molar-refractivity contribution in [3.8, 4) is 5.75 Å². The molecule has 0 aromatic heterocycles. The number of methoxy groups -OCH3 is 1.